The molecule has 2 aromatic rings. The molecule has 3 rings (SSSR count). The van der Waals surface area contributed by atoms with Crippen molar-refractivity contribution in [1.29, 1.82) is 5.26 Å². The molecule has 1 atom stereocenters. The van der Waals surface area contributed by atoms with Crippen molar-refractivity contribution in [1.82, 2.24) is 4.90 Å². The van der Waals surface area contributed by atoms with Gasteiger partial charge in [0, 0.05) is 31.9 Å². The molecule has 1 unspecified atom stereocenters. The lowest BCUT2D eigenvalue weighted by atomic mass is 10.0. The van der Waals surface area contributed by atoms with Crippen LogP contribution in [0.5, 0.6) is 5.75 Å². The summed E-state index contributed by atoms with van der Waals surface area (Å²) in [6, 6.07) is 11.1. The Morgan fingerprint density at radius 1 is 0.935 bits per heavy atom. The number of alkyl halides is 6. The standard InChI is InChI=1S/C21H19F6N3O/c1-14(31-16-5-2-4-15(12-16)13-28)29-8-10-30(11-9-29)18-7-3-6-17(20(22,23)24)19(18)21(25,26)27/h2-7,12,14H,8-11H2,1H3. The summed E-state index contributed by atoms with van der Waals surface area (Å²) >= 11 is 0. The third kappa shape index (κ3) is 5.22. The molecular weight excluding hydrogens is 424 g/mol. The number of halogens is 6. The van der Waals surface area contributed by atoms with Gasteiger partial charge in [0.15, 0.2) is 0 Å². The van der Waals surface area contributed by atoms with Crippen LogP contribution in [-0.2, 0) is 12.4 Å². The maximum absolute atomic E-state index is 13.5. The Labute approximate surface area is 175 Å². The molecular formula is C21H19F6N3O. The first-order valence-electron chi connectivity index (χ1n) is 9.44. The number of nitrogens with zero attached hydrogens (tertiary/aromatic N) is 3. The lowest BCUT2D eigenvalue weighted by Crippen LogP contribution is -2.51. The molecule has 0 aliphatic carbocycles. The molecule has 0 bridgehead atoms. The summed E-state index contributed by atoms with van der Waals surface area (Å²) in [6.45, 7) is 2.58. The largest absolute Gasteiger partial charge is 0.475 e. The van der Waals surface area contributed by atoms with Gasteiger partial charge in [0.1, 0.15) is 12.0 Å². The van der Waals surface area contributed by atoms with Crippen LogP contribution >= 0.6 is 0 Å². The van der Waals surface area contributed by atoms with Crippen LogP contribution in [0.15, 0.2) is 42.5 Å². The number of benzene rings is 2. The molecule has 0 amide bonds. The van der Waals surface area contributed by atoms with Gasteiger partial charge in [-0.3, -0.25) is 4.90 Å². The minimum Gasteiger partial charge on any atom is -0.475 e. The van der Waals surface area contributed by atoms with Gasteiger partial charge in [-0.25, -0.2) is 0 Å². The predicted octanol–water partition coefficient (Wildman–Crippen LogP) is 5.14. The van der Waals surface area contributed by atoms with Crippen LogP contribution in [0.3, 0.4) is 0 Å². The topological polar surface area (TPSA) is 39.5 Å². The lowest BCUT2D eigenvalue weighted by Gasteiger charge is -2.39. The smallest absolute Gasteiger partial charge is 0.418 e. The highest BCUT2D eigenvalue weighted by molar-refractivity contribution is 5.59. The van der Waals surface area contributed by atoms with Gasteiger partial charge in [-0.15, -0.1) is 0 Å². The molecule has 4 nitrogen and oxygen atoms in total. The van der Waals surface area contributed by atoms with E-state index < -0.39 is 35.4 Å². The van der Waals surface area contributed by atoms with Gasteiger partial charge in [-0.05, 0) is 37.3 Å². The molecule has 0 N–H and O–H groups in total. The molecule has 0 radical (unpaired) electrons. The van der Waals surface area contributed by atoms with E-state index in [4.69, 9.17) is 10.00 Å². The zero-order valence-electron chi connectivity index (χ0n) is 16.5. The molecule has 1 fully saturated rings. The van der Waals surface area contributed by atoms with Crippen molar-refractivity contribution in [3.8, 4) is 11.8 Å². The fourth-order valence-electron chi connectivity index (χ4n) is 3.57. The Bertz CT molecular complexity index is 959. The Hall–Kier alpha value is -2.93. The highest BCUT2D eigenvalue weighted by atomic mass is 19.4. The molecule has 166 valence electrons. The summed E-state index contributed by atoms with van der Waals surface area (Å²) in [5, 5.41) is 8.96. The molecule has 1 saturated heterocycles. The van der Waals surface area contributed by atoms with E-state index in [1.165, 1.54) is 4.90 Å². The summed E-state index contributed by atoms with van der Waals surface area (Å²) in [5.41, 5.74) is -3.39. The van der Waals surface area contributed by atoms with Crippen molar-refractivity contribution in [3.63, 3.8) is 0 Å². The van der Waals surface area contributed by atoms with E-state index in [1.54, 1.807) is 31.2 Å². The number of hydrogen-bond acceptors (Lipinski definition) is 4. The van der Waals surface area contributed by atoms with Crippen LogP contribution in [0.2, 0.25) is 0 Å². The number of rotatable bonds is 4. The lowest BCUT2D eigenvalue weighted by molar-refractivity contribution is -0.161. The molecule has 31 heavy (non-hydrogen) atoms. The second kappa shape index (κ2) is 8.67. The Balaban J connectivity index is 1.74. The van der Waals surface area contributed by atoms with E-state index in [-0.39, 0.29) is 13.1 Å². The Kier molecular flexibility index (Phi) is 6.36. The number of nitriles is 1. The maximum atomic E-state index is 13.5. The summed E-state index contributed by atoms with van der Waals surface area (Å²) in [6.07, 6.45) is -10.7. The van der Waals surface area contributed by atoms with Crippen LogP contribution in [0.4, 0.5) is 32.0 Å². The monoisotopic (exact) mass is 443 g/mol. The molecule has 0 saturated carbocycles. The van der Waals surface area contributed by atoms with Gasteiger partial charge in [-0.1, -0.05) is 12.1 Å². The highest BCUT2D eigenvalue weighted by Gasteiger charge is 2.45. The summed E-state index contributed by atoms with van der Waals surface area (Å²) in [5.74, 6) is 0.478. The van der Waals surface area contributed by atoms with E-state index in [0.717, 1.165) is 12.1 Å². The van der Waals surface area contributed by atoms with E-state index in [2.05, 4.69) is 0 Å². The van der Waals surface area contributed by atoms with Gasteiger partial charge >= 0.3 is 12.4 Å². The molecule has 0 aromatic heterocycles. The second-order valence-electron chi connectivity index (χ2n) is 7.08. The third-order valence-corrected chi connectivity index (χ3v) is 5.07. The van der Waals surface area contributed by atoms with Crippen molar-refractivity contribution in [2.24, 2.45) is 0 Å². The molecule has 10 heteroatoms. The molecule has 1 aliphatic heterocycles. The van der Waals surface area contributed by atoms with Gasteiger partial charge in [0.25, 0.3) is 0 Å². The van der Waals surface area contributed by atoms with E-state index in [9.17, 15) is 26.3 Å². The molecule has 1 aliphatic rings. The van der Waals surface area contributed by atoms with Crippen molar-refractivity contribution in [3.05, 3.63) is 59.2 Å². The van der Waals surface area contributed by atoms with Crippen molar-refractivity contribution in [2.75, 3.05) is 31.1 Å². The van der Waals surface area contributed by atoms with E-state index >= 15 is 0 Å². The van der Waals surface area contributed by atoms with Crippen LogP contribution in [0.1, 0.15) is 23.6 Å². The Morgan fingerprint density at radius 3 is 2.16 bits per heavy atom. The zero-order chi connectivity index (χ0) is 22.8. The fourth-order valence-corrected chi connectivity index (χ4v) is 3.57. The first-order valence-corrected chi connectivity index (χ1v) is 9.44. The second-order valence-corrected chi connectivity index (χ2v) is 7.08. The fraction of sp³-hybridized carbons (Fsp3) is 0.381. The average molecular weight is 443 g/mol. The SMILES string of the molecule is CC(Oc1cccc(C#N)c1)N1CCN(c2cccc(C(F)(F)F)c2C(F)(F)F)CC1. The van der Waals surface area contributed by atoms with Crippen molar-refractivity contribution in [2.45, 2.75) is 25.5 Å². The van der Waals surface area contributed by atoms with Crippen LogP contribution in [-0.4, -0.2) is 37.3 Å². The minimum atomic E-state index is -5.14. The number of ether oxygens (including phenoxy) is 1. The summed E-state index contributed by atoms with van der Waals surface area (Å²) in [7, 11) is 0. The van der Waals surface area contributed by atoms with E-state index in [1.807, 2.05) is 11.0 Å². The van der Waals surface area contributed by atoms with Gasteiger partial charge in [-0.2, -0.15) is 31.6 Å². The zero-order valence-corrected chi connectivity index (χ0v) is 16.5. The van der Waals surface area contributed by atoms with E-state index in [0.29, 0.717) is 30.5 Å². The summed E-state index contributed by atoms with van der Waals surface area (Å²) < 4.78 is 86.0. The van der Waals surface area contributed by atoms with Gasteiger partial charge < -0.3 is 9.64 Å². The molecule has 1 heterocycles. The van der Waals surface area contributed by atoms with Crippen molar-refractivity contribution < 1.29 is 31.1 Å². The van der Waals surface area contributed by atoms with Crippen LogP contribution < -0.4 is 9.64 Å². The first-order chi connectivity index (χ1) is 14.5. The summed E-state index contributed by atoms with van der Waals surface area (Å²) in [4.78, 5) is 3.19. The number of anilines is 1. The third-order valence-electron chi connectivity index (χ3n) is 5.07. The van der Waals surface area contributed by atoms with Gasteiger partial charge in [0.05, 0.1) is 22.8 Å². The highest BCUT2D eigenvalue weighted by Crippen LogP contribution is 2.45. The molecule has 2 aromatic carbocycles. The quantitative estimate of drug-likeness (QED) is 0.614. The van der Waals surface area contributed by atoms with Crippen LogP contribution in [0, 0.1) is 11.3 Å². The van der Waals surface area contributed by atoms with Crippen LogP contribution in [0.25, 0.3) is 0 Å². The predicted molar refractivity (Wildman–Crippen MR) is 101 cm³/mol. The minimum absolute atomic E-state index is 0.107. The number of hydrogen-bond donors (Lipinski definition) is 0. The average Bonchev–Trinajstić information content (AvgIpc) is 2.72. The Morgan fingerprint density at radius 2 is 1.58 bits per heavy atom. The number of piperazine rings is 1. The molecule has 0 spiro atoms. The van der Waals surface area contributed by atoms with Crippen molar-refractivity contribution >= 4 is 5.69 Å². The first kappa shape index (κ1) is 22.7. The maximum Gasteiger partial charge on any atom is 0.418 e. The van der Waals surface area contributed by atoms with Gasteiger partial charge in [0.2, 0.25) is 0 Å². The normalized spacial score (nSPS) is 16.6.